The minimum absolute atomic E-state index is 0.230. The smallest absolute Gasteiger partial charge is 0.210 e. The van der Waals surface area contributed by atoms with Gasteiger partial charge in [0.1, 0.15) is 5.75 Å². The monoisotopic (exact) mass is 666 g/mol. The van der Waals surface area contributed by atoms with Crippen LogP contribution in [0.15, 0.2) is 66.2 Å². The summed E-state index contributed by atoms with van der Waals surface area (Å²) < 4.78 is 16.7. The number of rotatable bonds is 10. The van der Waals surface area contributed by atoms with E-state index >= 15 is 0 Å². The molecule has 0 spiro atoms. The number of nitrogens with zero attached hydrogens (tertiary/aromatic N) is 3. The topological polar surface area (TPSA) is 80.5 Å². The van der Waals surface area contributed by atoms with E-state index in [4.69, 9.17) is 43.3 Å². The summed E-state index contributed by atoms with van der Waals surface area (Å²) in [6.45, 7) is 5.42. The lowest BCUT2D eigenvalue weighted by Crippen LogP contribution is -2.43. The highest BCUT2D eigenvalue weighted by atomic mass is 35.5. The second-order valence-electron chi connectivity index (χ2n) is 11.8. The lowest BCUT2D eigenvalue weighted by Gasteiger charge is -2.42. The van der Waals surface area contributed by atoms with Gasteiger partial charge in [-0.1, -0.05) is 35.7 Å². The van der Waals surface area contributed by atoms with Crippen LogP contribution in [0.25, 0.3) is 5.57 Å². The van der Waals surface area contributed by atoms with Crippen molar-refractivity contribution in [2.24, 2.45) is 5.84 Å². The SMILES string of the molecule is COc1cc(C2C3=C(CCN2C=O)c2cc(Cl)ccc2N(N)C3)ccc1OCCCCN1CCCCC1.COc1ccc(Cl)cc1. The zero-order valence-electron chi connectivity index (χ0n) is 26.7. The fourth-order valence-electron chi connectivity index (χ4n) is 6.51. The number of halogens is 2. The maximum Gasteiger partial charge on any atom is 0.210 e. The minimum atomic E-state index is -0.230. The largest absolute Gasteiger partial charge is 0.497 e. The Morgan fingerprint density at radius 1 is 0.870 bits per heavy atom. The summed E-state index contributed by atoms with van der Waals surface area (Å²) in [7, 11) is 3.29. The number of fused-ring (bicyclic) bond motifs is 2. The van der Waals surface area contributed by atoms with Gasteiger partial charge in [0.05, 0.1) is 39.1 Å². The van der Waals surface area contributed by atoms with Crippen molar-refractivity contribution < 1.29 is 19.0 Å². The summed E-state index contributed by atoms with van der Waals surface area (Å²) in [5.41, 5.74) is 5.32. The van der Waals surface area contributed by atoms with Crippen molar-refractivity contribution in [1.29, 1.82) is 0 Å². The Bertz CT molecular complexity index is 1490. The number of methoxy groups -OCH3 is 2. The summed E-state index contributed by atoms with van der Waals surface area (Å²) in [6, 6.07) is 18.8. The van der Waals surface area contributed by atoms with Crippen molar-refractivity contribution in [2.75, 3.05) is 58.6 Å². The van der Waals surface area contributed by atoms with Crippen LogP contribution < -0.4 is 25.1 Å². The molecule has 2 N–H and O–H groups in total. The molecule has 1 atom stereocenters. The second-order valence-corrected chi connectivity index (χ2v) is 12.7. The average Bonchev–Trinajstić information content (AvgIpc) is 3.08. The van der Waals surface area contributed by atoms with Crippen LogP contribution in [-0.2, 0) is 4.79 Å². The quantitative estimate of drug-likeness (QED) is 0.137. The molecule has 0 aromatic heterocycles. The van der Waals surface area contributed by atoms with Crippen LogP contribution in [0.2, 0.25) is 10.0 Å². The van der Waals surface area contributed by atoms with Crippen LogP contribution in [0, 0.1) is 0 Å². The molecule has 10 heteroatoms. The number of piperidine rings is 1. The summed E-state index contributed by atoms with van der Waals surface area (Å²) in [5.74, 6) is 8.68. The Kier molecular flexibility index (Phi) is 12.1. The Hall–Kier alpha value is -3.43. The number of carbonyl (C=O) groups excluding carboxylic acids is 1. The highest BCUT2D eigenvalue weighted by molar-refractivity contribution is 6.31. The standard InChI is InChI=1S/C29H37ClN4O3.C7H7ClO/c1-36-28-17-21(7-10-27(28)37-16-6-5-14-32-12-3-2-4-13-32)29-25-19-34(31)26-9-8-22(30)18-24(26)23(25)11-15-33(29)20-35;1-9-7-4-2-6(8)3-5-7/h7-10,17-18,20,29H,2-6,11-16,19,31H2,1H3;2-5H,1H3. The minimum Gasteiger partial charge on any atom is -0.497 e. The molecule has 1 amide bonds. The number of unbranched alkanes of at least 4 members (excludes halogenated alkanes) is 1. The normalized spacial score (nSPS) is 17.8. The zero-order valence-corrected chi connectivity index (χ0v) is 28.2. The fraction of sp³-hybridized carbons (Fsp3) is 0.417. The summed E-state index contributed by atoms with van der Waals surface area (Å²) in [6.07, 6.45) is 7.85. The first kappa shape index (κ1) is 33.9. The van der Waals surface area contributed by atoms with Crippen LogP contribution in [-0.4, -0.2) is 69.8 Å². The molecule has 3 aromatic carbocycles. The molecule has 0 saturated carbocycles. The number of hydrogen-bond acceptors (Lipinski definition) is 7. The Labute approximate surface area is 282 Å². The molecule has 0 radical (unpaired) electrons. The molecule has 0 aliphatic carbocycles. The van der Waals surface area contributed by atoms with Gasteiger partial charge in [0.25, 0.3) is 0 Å². The number of hydrazine groups is 1. The number of ether oxygens (including phenoxy) is 3. The molecular formula is C36H44Cl2N4O4. The number of hydrogen-bond donors (Lipinski definition) is 1. The van der Waals surface area contributed by atoms with Gasteiger partial charge < -0.3 is 29.0 Å². The van der Waals surface area contributed by atoms with E-state index in [1.807, 2.05) is 53.4 Å². The Morgan fingerprint density at radius 3 is 2.35 bits per heavy atom. The average molecular weight is 668 g/mol. The highest BCUT2D eigenvalue weighted by Gasteiger charge is 2.35. The molecule has 1 saturated heterocycles. The number of nitrogens with two attached hydrogens (primary N) is 1. The van der Waals surface area contributed by atoms with E-state index in [2.05, 4.69) is 4.90 Å². The van der Waals surface area contributed by atoms with Crippen molar-refractivity contribution >= 4 is 40.9 Å². The van der Waals surface area contributed by atoms with Crippen LogP contribution >= 0.6 is 23.2 Å². The highest BCUT2D eigenvalue weighted by Crippen LogP contribution is 2.46. The molecule has 3 aromatic rings. The molecule has 0 bridgehead atoms. The van der Waals surface area contributed by atoms with Gasteiger partial charge in [-0.15, -0.1) is 0 Å². The van der Waals surface area contributed by atoms with Crippen LogP contribution in [0.5, 0.6) is 17.2 Å². The molecule has 3 heterocycles. The number of benzene rings is 3. The second kappa shape index (κ2) is 16.4. The maximum atomic E-state index is 12.1. The number of carbonyl (C=O) groups is 1. The first-order valence-corrected chi connectivity index (χ1v) is 16.7. The van der Waals surface area contributed by atoms with Crippen LogP contribution in [0.4, 0.5) is 5.69 Å². The fourth-order valence-corrected chi connectivity index (χ4v) is 6.81. The lowest BCUT2D eigenvalue weighted by molar-refractivity contribution is -0.119. The summed E-state index contributed by atoms with van der Waals surface area (Å²) in [4.78, 5) is 16.5. The number of anilines is 1. The first-order chi connectivity index (χ1) is 22.4. The van der Waals surface area contributed by atoms with E-state index < -0.39 is 0 Å². The predicted molar refractivity (Wildman–Crippen MR) is 186 cm³/mol. The lowest BCUT2D eigenvalue weighted by atomic mass is 9.82. The first-order valence-electron chi connectivity index (χ1n) is 16.0. The van der Waals surface area contributed by atoms with Gasteiger partial charge >= 0.3 is 0 Å². The van der Waals surface area contributed by atoms with Crippen molar-refractivity contribution in [3.63, 3.8) is 0 Å². The van der Waals surface area contributed by atoms with Gasteiger partial charge in [0, 0.05) is 22.2 Å². The van der Waals surface area contributed by atoms with Crippen molar-refractivity contribution in [1.82, 2.24) is 9.80 Å². The molecule has 1 fully saturated rings. The van der Waals surface area contributed by atoms with Crippen molar-refractivity contribution in [3.8, 4) is 17.2 Å². The number of likely N-dealkylation sites (tertiary alicyclic amines) is 1. The third-order valence-electron chi connectivity index (χ3n) is 8.87. The van der Waals surface area contributed by atoms with Gasteiger partial charge in [0.2, 0.25) is 6.41 Å². The van der Waals surface area contributed by atoms with Crippen molar-refractivity contribution in [2.45, 2.75) is 44.6 Å². The van der Waals surface area contributed by atoms with E-state index in [0.717, 1.165) is 71.1 Å². The van der Waals surface area contributed by atoms with Crippen molar-refractivity contribution in [3.05, 3.63) is 87.4 Å². The Morgan fingerprint density at radius 2 is 1.63 bits per heavy atom. The van der Waals surface area contributed by atoms with Crippen LogP contribution in [0.1, 0.15) is 55.7 Å². The zero-order chi connectivity index (χ0) is 32.5. The number of amides is 1. The molecule has 46 heavy (non-hydrogen) atoms. The molecule has 3 aliphatic heterocycles. The molecule has 6 rings (SSSR count). The van der Waals surface area contributed by atoms with E-state index in [1.54, 1.807) is 31.4 Å². The van der Waals surface area contributed by atoms with E-state index in [-0.39, 0.29) is 6.04 Å². The third-order valence-corrected chi connectivity index (χ3v) is 9.35. The van der Waals surface area contributed by atoms with E-state index in [0.29, 0.717) is 30.5 Å². The van der Waals surface area contributed by atoms with Gasteiger partial charge in [-0.2, -0.15) is 0 Å². The van der Waals surface area contributed by atoms with E-state index in [9.17, 15) is 4.79 Å². The van der Waals surface area contributed by atoms with Gasteiger partial charge in [-0.3, -0.25) is 4.79 Å². The molecule has 246 valence electrons. The maximum absolute atomic E-state index is 12.1. The summed E-state index contributed by atoms with van der Waals surface area (Å²) in [5, 5.41) is 3.15. The van der Waals surface area contributed by atoms with Gasteiger partial charge in [0.15, 0.2) is 11.5 Å². The molecule has 8 nitrogen and oxygen atoms in total. The third kappa shape index (κ3) is 8.28. The van der Waals surface area contributed by atoms with Gasteiger partial charge in [-0.05, 0) is 123 Å². The predicted octanol–water partition coefficient (Wildman–Crippen LogP) is 7.39. The molecule has 1 unspecified atom stereocenters. The van der Waals surface area contributed by atoms with Crippen LogP contribution in [0.3, 0.4) is 0 Å². The van der Waals surface area contributed by atoms with Gasteiger partial charge in [-0.25, -0.2) is 5.84 Å². The van der Waals surface area contributed by atoms with E-state index in [1.165, 1.54) is 37.9 Å². The molecular weight excluding hydrogens is 623 g/mol. The molecule has 3 aliphatic rings. The Balaban J connectivity index is 0.000000400. The summed E-state index contributed by atoms with van der Waals surface area (Å²) >= 11 is 12.0.